The van der Waals surface area contributed by atoms with Crippen LogP contribution in [0.4, 0.5) is 5.69 Å². The van der Waals surface area contributed by atoms with Crippen LogP contribution in [0.25, 0.3) is 11.1 Å². The van der Waals surface area contributed by atoms with Crippen LogP contribution in [0.15, 0.2) is 66.7 Å². The van der Waals surface area contributed by atoms with Gasteiger partial charge in [-0.25, -0.2) is 4.79 Å². The Labute approximate surface area is 199 Å². The van der Waals surface area contributed by atoms with Crippen molar-refractivity contribution in [1.29, 1.82) is 0 Å². The summed E-state index contributed by atoms with van der Waals surface area (Å²) < 4.78 is 6.22. The van der Waals surface area contributed by atoms with Crippen molar-refractivity contribution in [1.82, 2.24) is 5.32 Å². The number of carboxylic acid groups (broad SMARTS) is 1. The normalized spacial score (nSPS) is 15.8. The van der Waals surface area contributed by atoms with E-state index in [1.165, 1.54) is 0 Å². The Kier molecular flexibility index (Phi) is 7.80. The molecule has 178 valence electrons. The molecule has 1 aliphatic heterocycles. The van der Waals surface area contributed by atoms with Crippen LogP contribution in [-0.4, -0.2) is 47.2 Å². The van der Waals surface area contributed by atoms with Crippen molar-refractivity contribution in [2.24, 2.45) is 0 Å². The average Bonchev–Trinajstić information content (AvgIpc) is 2.88. The van der Waals surface area contributed by atoms with Gasteiger partial charge in [0.2, 0.25) is 0 Å². The number of fused-ring (bicyclic) bond motifs is 1. The second-order valence-corrected chi connectivity index (χ2v) is 8.59. The lowest BCUT2D eigenvalue weighted by Crippen LogP contribution is -2.36. The fourth-order valence-electron chi connectivity index (χ4n) is 4.40. The summed E-state index contributed by atoms with van der Waals surface area (Å²) in [7, 11) is 0. The van der Waals surface area contributed by atoms with Crippen LogP contribution >= 0.6 is 0 Å². The lowest BCUT2D eigenvalue weighted by atomic mass is 9.95. The summed E-state index contributed by atoms with van der Waals surface area (Å²) in [4.78, 5) is 11.1. The average molecular weight is 463 g/mol. The number of hydrogen-bond acceptors (Lipinski definition) is 6. The first-order chi connectivity index (χ1) is 16.6. The van der Waals surface area contributed by atoms with Crippen molar-refractivity contribution < 1.29 is 25.0 Å². The second-order valence-electron chi connectivity index (χ2n) is 8.59. The van der Waals surface area contributed by atoms with Gasteiger partial charge in [0.1, 0.15) is 11.9 Å². The molecule has 0 saturated carbocycles. The maximum absolute atomic E-state index is 11.1. The number of nitrogens with one attached hydrogen (secondary N) is 2. The first-order valence-corrected chi connectivity index (χ1v) is 11.5. The van der Waals surface area contributed by atoms with E-state index in [4.69, 9.17) is 15.1 Å². The van der Waals surface area contributed by atoms with Gasteiger partial charge in [0.05, 0.1) is 11.3 Å². The van der Waals surface area contributed by atoms with Gasteiger partial charge in [-0.05, 0) is 83.8 Å². The van der Waals surface area contributed by atoms with Gasteiger partial charge in [-0.3, -0.25) is 10.7 Å². The highest BCUT2D eigenvalue weighted by Crippen LogP contribution is 2.32. The molecule has 0 aromatic heterocycles. The lowest BCUT2D eigenvalue weighted by Gasteiger charge is -2.28. The van der Waals surface area contributed by atoms with Crippen molar-refractivity contribution >= 4 is 11.7 Å². The van der Waals surface area contributed by atoms with Gasteiger partial charge in [0.25, 0.3) is 0 Å². The van der Waals surface area contributed by atoms with Gasteiger partial charge in [-0.1, -0.05) is 30.3 Å². The number of ether oxygens (including phenoxy) is 1. The summed E-state index contributed by atoms with van der Waals surface area (Å²) in [5, 5.41) is 31.2. The van der Waals surface area contributed by atoms with E-state index in [-0.39, 0.29) is 24.2 Å². The molecular formula is C27H30N2O5. The number of aliphatic hydroxyl groups excluding tert-OH is 1. The van der Waals surface area contributed by atoms with E-state index < -0.39 is 5.97 Å². The maximum Gasteiger partial charge on any atom is 0.335 e. The van der Waals surface area contributed by atoms with Gasteiger partial charge in [-0.15, -0.1) is 0 Å². The number of hydrogen-bond donors (Lipinski definition) is 5. The van der Waals surface area contributed by atoms with E-state index in [9.17, 15) is 9.90 Å². The van der Waals surface area contributed by atoms with Gasteiger partial charge in [0, 0.05) is 19.7 Å². The van der Waals surface area contributed by atoms with E-state index in [0.717, 1.165) is 40.8 Å². The van der Waals surface area contributed by atoms with E-state index in [1.807, 2.05) is 42.5 Å². The summed E-state index contributed by atoms with van der Waals surface area (Å²) in [6.45, 7) is 1.50. The number of carbonyl (C=O) groups is 1. The maximum atomic E-state index is 11.1. The zero-order valence-corrected chi connectivity index (χ0v) is 18.9. The number of anilines is 1. The van der Waals surface area contributed by atoms with Crippen LogP contribution in [0, 0.1) is 0 Å². The van der Waals surface area contributed by atoms with Crippen molar-refractivity contribution in [3.63, 3.8) is 0 Å². The van der Waals surface area contributed by atoms with Gasteiger partial charge >= 0.3 is 5.97 Å². The van der Waals surface area contributed by atoms with Crippen molar-refractivity contribution in [2.75, 3.05) is 25.2 Å². The Morgan fingerprint density at radius 3 is 2.59 bits per heavy atom. The molecule has 34 heavy (non-hydrogen) atoms. The smallest absolute Gasteiger partial charge is 0.335 e. The van der Waals surface area contributed by atoms with Crippen molar-refractivity contribution in [3.05, 3.63) is 83.4 Å². The molecule has 0 fully saturated rings. The van der Waals surface area contributed by atoms with Crippen LogP contribution in [0.1, 0.15) is 40.2 Å². The number of carboxylic acids is 1. The first kappa shape index (κ1) is 23.8. The molecule has 7 nitrogen and oxygen atoms in total. The largest absolute Gasteiger partial charge is 0.489 e. The van der Waals surface area contributed by atoms with Crippen LogP contribution in [0.2, 0.25) is 0 Å². The lowest BCUT2D eigenvalue weighted by molar-refractivity contribution is 0.0697. The highest BCUT2D eigenvalue weighted by molar-refractivity contribution is 5.88. The van der Waals surface area contributed by atoms with Gasteiger partial charge < -0.3 is 20.3 Å². The minimum absolute atomic E-state index is 0.0634. The Morgan fingerprint density at radius 1 is 1.06 bits per heavy atom. The Morgan fingerprint density at radius 2 is 1.85 bits per heavy atom. The quantitative estimate of drug-likeness (QED) is 0.286. The fourth-order valence-corrected chi connectivity index (χ4v) is 4.40. The molecule has 3 aromatic rings. The van der Waals surface area contributed by atoms with E-state index >= 15 is 0 Å². The monoisotopic (exact) mass is 462 g/mol. The first-order valence-electron chi connectivity index (χ1n) is 11.5. The Hall–Kier alpha value is -3.39. The minimum Gasteiger partial charge on any atom is -0.489 e. The highest BCUT2D eigenvalue weighted by atomic mass is 16.5. The molecule has 2 atom stereocenters. The molecule has 4 rings (SSSR count). The minimum atomic E-state index is -0.927. The molecule has 0 bridgehead atoms. The second kappa shape index (κ2) is 11.2. The predicted octanol–water partition coefficient (Wildman–Crippen LogP) is 4.30. The highest BCUT2D eigenvalue weighted by Gasteiger charge is 2.21. The summed E-state index contributed by atoms with van der Waals surface area (Å²) >= 11 is 0. The zero-order chi connectivity index (χ0) is 23.9. The third kappa shape index (κ3) is 5.75. The summed E-state index contributed by atoms with van der Waals surface area (Å²) in [6, 6.07) is 20.6. The molecule has 1 heterocycles. The van der Waals surface area contributed by atoms with Gasteiger partial charge in [-0.2, -0.15) is 0 Å². The molecule has 1 unspecified atom stereocenters. The molecule has 7 heteroatoms. The third-order valence-corrected chi connectivity index (χ3v) is 6.28. The molecule has 1 aliphatic rings. The standard InChI is InChI=1S/C27H30N2O5/c30-13-12-23(20-2-1-3-24(15-20)29-33)16-28-17-25-10-8-22-14-21(9-11-26(22)34-25)18-4-6-19(7-5-18)27(31)32/h1-7,9,11,14-15,23,25,28-30,33H,8,10,12-13,16-17H2,(H,31,32)/t23?,25-/m1/s1. The fraction of sp³-hybridized carbons (Fsp3) is 0.296. The molecule has 3 aromatic carbocycles. The van der Waals surface area contributed by atoms with Crippen LogP contribution in [0.5, 0.6) is 5.75 Å². The van der Waals surface area contributed by atoms with Crippen molar-refractivity contribution in [2.45, 2.75) is 31.3 Å². The number of aromatic carboxylic acids is 1. The number of aryl methyl sites for hydroxylation is 1. The van der Waals surface area contributed by atoms with Crippen molar-refractivity contribution in [3.8, 4) is 16.9 Å². The number of benzene rings is 3. The molecule has 0 aliphatic carbocycles. The molecule has 5 N–H and O–H groups in total. The molecule has 0 saturated heterocycles. The Balaban J connectivity index is 1.34. The van der Waals surface area contributed by atoms with E-state index in [1.54, 1.807) is 18.2 Å². The SMILES string of the molecule is O=C(O)c1ccc(-c2ccc3c(c2)CC[C@H](CNCC(CCO)c2cccc(NO)c2)O3)cc1. The van der Waals surface area contributed by atoms with Gasteiger partial charge in [0.15, 0.2) is 0 Å². The van der Waals surface area contributed by atoms with Crippen LogP contribution in [0.3, 0.4) is 0 Å². The summed E-state index contributed by atoms with van der Waals surface area (Å²) in [6.07, 6.45) is 2.50. The van der Waals surface area contributed by atoms with E-state index in [0.29, 0.717) is 25.2 Å². The summed E-state index contributed by atoms with van der Waals surface area (Å²) in [5.74, 6) is 0.0882. The molecule has 0 amide bonds. The number of aliphatic hydroxyl groups is 1. The van der Waals surface area contributed by atoms with E-state index in [2.05, 4.69) is 16.9 Å². The number of rotatable bonds is 10. The predicted molar refractivity (Wildman–Crippen MR) is 131 cm³/mol. The molecule has 0 spiro atoms. The third-order valence-electron chi connectivity index (χ3n) is 6.28. The molecular weight excluding hydrogens is 432 g/mol. The molecule has 0 radical (unpaired) electrons. The van der Waals surface area contributed by atoms with Crippen LogP contribution in [-0.2, 0) is 6.42 Å². The zero-order valence-electron chi connectivity index (χ0n) is 18.9. The van der Waals surface area contributed by atoms with Crippen LogP contribution < -0.4 is 15.5 Å². The topological polar surface area (TPSA) is 111 Å². The Bertz CT molecular complexity index is 1120. The summed E-state index contributed by atoms with van der Waals surface area (Å²) in [5.41, 5.74) is 7.32.